The molecule has 10 heteroatoms. The minimum Gasteiger partial charge on any atom is -0.481 e. The van der Waals surface area contributed by atoms with Crippen molar-refractivity contribution in [3.8, 4) is 0 Å². The van der Waals surface area contributed by atoms with Crippen LogP contribution in [0.1, 0.15) is 12.0 Å². The van der Waals surface area contributed by atoms with Gasteiger partial charge in [0.05, 0.1) is 16.4 Å². The first kappa shape index (κ1) is 16.6. The number of nitrogens with two attached hydrogens (primary N) is 1. The average molecular weight is 338 g/mol. The number of halogens is 3. The second kappa shape index (κ2) is 5.43. The molecule has 0 saturated carbocycles. The lowest BCUT2D eigenvalue weighted by Crippen LogP contribution is -2.26. The quantitative estimate of drug-likeness (QED) is 0.864. The van der Waals surface area contributed by atoms with Crippen molar-refractivity contribution in [3.05, 3.63) is 23.8 Å². The van der Waals surface area contributed by atoms with Crippen molar-refractivity contribution in [2.24, 2.45) is 11.1 Å². The van der Waals surface area contributed by atoms with Crippen molar-refractivity contribution in [3.63, 3.8) is 0 Å². The number of carboxylic acid groups (broad SMARTS) is 1. The summed E-state index contributed by atoms with van der Waals surface area (Å²) in [6.45, 7) is 0.0852. The van der Waals surface area contributed by atoms with E-state index < -0.39 is 38.5 Å². The number of benzene rings is 1. The zero-order chi connectivity index (χ0) is 16.7. The van der Waals surface area contributed by atoms with E-state index in [0.29, 0.717) is 6.07 Å². The van der Waals surface area contributed by atoms with Gasteiger partial charge in [-0.2, -0.15) is 13.2 Å². The Labute approximate surface area is 124 Å². The molecule has 0 amide bonds. The van der Waals surface area contributed by atoms with E-state index in [9.17, 15) is 26.4 Å². The minimum absolute atomic E-state index is 0.0624. The van der Waals surface area contributed by atoms with Gasteiger partial charge in [-0.1, -0.05) is 0 Å². The summed E-state index contributed by atoms with van der Waals surface area (Å²) in [5.41, 5.74) is -1.39. The molecule has 2 rings (SSSR count). The minimum atomic E-state index is -4.78. The third-order valence-electron chi connectivity index (χ3n) is 3.48. The molecule has 1 aromatic rings. The Morgan fingerprint density at radius 3 is 2.45 bits per heavy atom. The molecule has 0 bridgehead atoms. The first-order valence-electron chi connectivity index (χ1n) is 6.22. The molecular formula is C12H13F3N2O4S. The molecule has 6 nitrogen and oxygen atoms in total. The Balaban J connectivity index is 2.46. The predicted molar refractivity (Wildman–Crippen MR) is 70.8 cm³/mol. The molecule has 22 heavy (non-hydrogen) atoms. The zero-order valence-corrected chi connectivity index (χ0v) is 12.0. The second-order valence-corrected chi connectivity index (χ2v) is 6.55. The summed E-state index contributed by atoms with van der Waals surface area (Å²) in [5, 5.41) is 13.8. The van der Waals surface area contributed by atoms with Gasteiger partial charge in [-0.3, -0.25) is 4.79 Å². The predicted octanol–water partition coefficient (Wildman–Crippen LogP) is 1.26. The van der Waals surface area contributed by atoms with Crippen LogP contribution in [0.15, 0.2) is 23.1 Å². The molecule has 0 aromatic heterocycles. The van der Waals surface area contributed by atoms with Crippen LogP contribution >= 0.6 is 0 Å². The van der Waals surface area contributed by atoms with Crippen molar-refractivity contribution >= 4 is 21.7 Å². The number of carbonyl (C=O) groups is 1. The number of anilines is 1. The fourth-order valence-corrected chi connectivity index (χ4v) is 2.92. The summed E-state index contributed by atoms with van der Waals surface area (Å²) >= 11 is 0. The fourth-order valence-electron chi connectivity index (χ4n) is 2.38. The SMILES string of the molecule is NS(=O)(=O)c1ccc(N2CCC(C(=O)O)C2)c(C(F)(F)F)c1. The molecule has 3 N–H and O–H groups in total. The van der Waals surface area contributed by atoms with Gasteiger partial charge in [0, 0.05) is 18.8 Å². The summed E-state index contributed by atoms with van der Waals surface area (Å²) < 4.78 is 61.9. The van der Waals surface area contributed by atoms with Crippen LogP contribution in [-0.4, -0.2) is 32.6 Å². The smallest absolute Gasteiger partial charge is 0.418 e. The third-order valence-corrected chi connectivity index (χ3v) is 4.39. The molecule has 1 aromatic carbocycles. The van der Waals surface area contributed by atoms with E-state index in [2.05, 4.69) is 0 Å². The van der Waals surface area contributed by atoms with Gasteiger partial charge in [-0.15, -0.1) is 0 Å². The van der Waals surface area contributed by atoms with Gasteiger partial charge in [0.2, 0.25) is 10.0 Å². The van der Waals surface area contributed by atoms with Gasteiger partial charge in [-0.05, 0) is 24.6 Å². The molecule has 122 valence electrons. The highest BCUT2D eigenvalue weighted by atomic mass is 32.2. The Morgan fingerprint density at radius 1 is 1.36 bits per heavy atom. The van der Waals surface area contributed by atoms with E-state index in [1.165, 1.54) is 4.90 Å². The second-order valence-electron chi connectivity index (χ2n) is 4.99. The molecule has 1 aliphatic heterocycles. The van der Waals surface area contributed by atoms with Crippen molar-refractivity contribution in [2.75, 3.05) is 18.0 Å². The molecule has 1 heterocycles. The highest BCUT2D eigenvalue weighted by molar-refractivity contribution is 7.89. The van der Waals surface area contributed by atoms with Crippen LogP contribution in [0.25, 0.3) is 0 Å². The number of rotatable bonds is 3. The molecule has 0 radical (unpaired) electrons. The maximum atomic E-state index is 13.1. The number of alkyl halides is 3. The normalized spacial score (nSPS) is 19.5. The Hall–Kier alpha value is -1.81. The van der Waals surface area contributed by atoms with Crippen molar-refractivity contribution in [1.29, 1.82) is 0 Å². The molecule has 0 aliphatic carbocycles. The summed E-state index contributed by atoms with van der Waals surface area (Å²) in [4.78, 5) is 11.5. The molecule has 1 saturated heterocycles. The molecule has 1 atom stereocenters. The Kier molecular flexibility index (Phi) is 4.09. The number of primary sulfonamides is 1. The Bertz CT molecular complexity index is 703. The number of nitrogens with zero attached hydrogens (tertiary/aromatic N) is 1. The first-order valence-corrected chi connectivity index (χ1v) is 7.76. The van der Waals surface area contributed by atoms with Crippen LogP contribution in [0, 0.1) is 5.92 Å². The molecule has 1 aliphatic rings. The summed E-state index contributed by atoms with van der Waals surface area (Å²) in [5.74, 6) is -1.82. The van der Waals surface area contributed by atoms with Crippen molar-refractivity contribution in [1.82, 2.24) is 0 Å². The maximum absolute atomic E-state index is 13.1. The van der Waals surface area contributed by atoms with Gasteiger partial charge in [0.15, 0.2) is 0 Å². The van der Waals surface area contributed by atoms with Crippen LogP contribution in [0.2, 0.25) is 0 Å². The zero-order valence-electron chi connectivity index (χ0n) is 11.2. The molecule has 1 fully saturated rings. The summed E-state index contributed by atoms with van der Waals surface area (Å²) in [6, 6.07) is 2.46. The summed E-state index contributed by atoms with van der Waals surface area (Å²) in [7, 11) is -4.26. The van der Waals surface area contributed by atoms with Crippen LogP contribution < -0.4 is 10.0 Å². The van der Waals surface area contributed by atoms with Crippen LogP contribution in [0.4, 0.5) is 18.9 Å². The van der Waals surface area contributed by atoms with Crippen LogP contribution in [0.5, 0.6) is 0 Å². The van der Waals surface area contributed by atoms with Crippen molar-refractivity contribution < 1.29 is 31.5 Å². The average Bonchev–Trinajstić information content (AvgIpc) is 2.85. The van der Waals surface area contributed by atoms with Crippen molar-refractivity contribution in [2.45, 2.75) is 17.5 Å². The van der Waals surface area contributed by atoms with Gasteiger partial charge in [0.1, 0.15) is 0 Å². The van der Waals surface area contributed by atoms with Crippen LogP contribution in [0.3, 0.4) is 0 Å². The molecular weight excluding hydrogens is 325 g/mol. The molecule has 0 spiro atoms. The fraction of sp³-hybridized carbons (Fsp3) is 0.417. The number of hydrogen-bond acceptors (Lipinski definition) is 4. The number of carboxylic acids is 1. The lowest BCUT2D eigenvalue weighted by Gasteiger charge is -2.23. The monoisotopic (exact) mass is 338 g/mol. The largest absolute Gasteiger partial charge is 0.481 e. The number of sulfonamides is 1. The number of aliphatic carboxylic acids is 1. The van der Waals surface area contributed by atoms with E-state index in [0.717, 1.165) is 12.1 Å². The van der Waals surface area contributed by atoms with E-state index in [4.69, 9.17) is 10.2 Å². The highest BCUT2D eigenvalue weighted by Crippen LogP contribution is 2.39. The van der Waals surface area contributed by atoms with Gasteiger partial charge in [-0.25, -0.2) is 13.6 Å². The van der Waals surface area contributed by atoms with Gasteiger partial charge >= 0.3 is 12.1 Å². The summed E-state index contributed by atoms with van der Waals surface area (Å²) in [6.07, 6.45) is -4.55. The third kappa shape index (κ3) is 3.33. The lowest BCUT2D eigenvalue weighted by atomic mass is 10.1. The van der Waals surface area contributed by atoms with E-state index in [-0.39, 0.29) is 25.2 Å². The van der Waals surface area contributed by atoms with E-state index in [1.54, 1.807) is 0 Å². The Morgan fingerprint density at radius 2 is 2.00 bits per heavy atom. The van der Waals surface area contributed by atoms with Gasteiger partial charge < -0.3 is 10.0 Å². The lowest BCUT2D eigenvalue weighted by molar-refractivity contribution is -0.141. The van der Waals surface area contributed by atoms with E-state index >= 15 is 0 Å². The topological polar surface area (TPSA) is 101 Å². The van der Waals surface area contributed by atoms with Crippen LogP contribution in [-0.2, 0) is 21.0 Å². The van der Waals surface area contributed by atoms with Gasteiger partial charge in [0.25, 0.3) is 0 Å². The van der Waals surface area contributed by atoms with E-state index in [1.807, 2.05) is 0 Å². The first-order chi connectivity index (χ1) is 10.00. The molecule has 1 unspecified atom stereocenters. The maximum Gasteiger partial charge on any atom is 0.418 e. The standard InChI is InChI=1S/C12H13F3N2O4S/c13-12(14,15)9-5-8(22(16,20)21)1-2-10(9)17-4-3-7(6-17)11(18)19/h1-2,5,7H,3-4,6H2,(H,18,19)(H2,16,20,21). The highest BCUT2D eigenvalue weighted by Gasteiger charge is 2.38. The number of hydrogen-bond donors (Lipinski definition) is 2.